The van der Waals surface area contributed by atoms with Gasteiger partial charge in [0.2, 0.25) is 0 Å². The fourth-order valence-corrected chi connectivity index (χ4v) is 2.60. The van der Waals surface area contributed by atoms with Gasteiger partial charge in [0.05, 0.1) is 0 Å². The lowest BCUT2D eigenvalue weighted by atomic mass is 9.87. The predicted octanol–water partition coefficient (Wildman–Crippen LogP) is 5.43. The van der Waals surface area contributed by atoms with E-state index < -0.39 is 0 Å². The molecule has 0 spiro atoms. The van der Waals surface area contributed by atoms with Crippen molar-refractivity contribution in [3.05, 3.63) is 46.4 Å². The summed E-state index contributed by atoms with van der Waals surface area (Å²) in [5, 5.41) is 2.51. The third-order valence-electron chi connectivity index (χ3n) is 3.46. The first-order valence-electron chi connectivity index (χ1n) is 6.80. The SMILES string of the molecule is CC(C)(C)CCC(N)c1ccc2cc(Br)ccc2c1. The molecule has 0 aromatic heterocycles. The van der Waals surface area contributed by atoms with E-state index in [1.165, 1.54) is 16.3 Å². The fourth-order valence-electron chi connectivity index (χ4n) is 2.22. The molecule has 1 atom stereocenters. The van der Waals surface area contributed by atoms with Gasteiger partial charge in [-0.2, -0.15) is 0 Å². The molecule has 0 aliphatic rings. The summed E-state index contributed by atoms with van der Waals surface area (Å²) < 4.78 is 1.12. The monoisotopic (exact) mass is 319 g/mol. The number of hydrogen-bond donors (Lipinski definition) is 1. The average Bonchev–Trinajstić information content (AvgIpc) is 2.34. The zero-order chi connectivity index (χ0) is 14.0. The zero-order valence-electron chi connectivity index (χ0n) is 11.9. The Morgan fingerprint density at radius 1 is 1.05 bits per heavy atom. The molecule has 0 saturated carbocycles. The van der Waals surface area contributed by atoms with E-state index in [0.717, 1.165) is 17.3 Å². The van der Waals surface area contributed by atoms with Gasteiger partial charge in [-0.1, -0.05) is 54.9 Å². The molecule has 102 valence electrons. The van der Waals surface area contributed by atoms with Crippen molar-refractivity contribution in [3.63, 3.8) is 0 Å². The van der Waals surface area contributed by atoms with E-state index in [4.69, 9.17) is 5.73 Å². The van der Waals surface area contributed by atoms with Crippen LogP contribution in [0.5, 0.6) is 0 Å². The molecule has 0 saturated heterocycles. The number of rotatable bonds is 3. The van der Waals surface area contributed by atoms with E-state index >= 15 is 0 Å². The molecule has 2 N–H and O–H groups in total. The normalized spacial score (nSPS) is 13.7. The van der Waals surface area contributed by atoms with Crippen molar-refractivity contribution in [2.45, 2.75) is 39.7 Å². The van der Waals surface area contributed by atoms with E-state index in [9.17, 15) is 0 Å². The van der Waals surface area contributed by atoms with Gasteiger partial charge in [0.25, 0.3) is 0 Å². The summed E-state index contributed by atoms with van der Waals surface area (Å²) in [6, 6.07) is 13.0. The standard InChI is InChI=1S/C17H22BrN/c1-17(2,3)9-8-16(19)14-5-4-13-11-15(18)7-6-12(13)10-14/h4-7,10-11,16H,8-9,19H2,1-3H3. The van der Waals surface area contributed by atoms with Gasteiger partial charge in [-0.3, -0.25) is 0 Å². The highest BCUT2D eigenvalue weighted by Gasteiger charge is 2.14. The van der Waals surface area contributed by atoms with Crippen LogP contribution in [0.1, 0.15) is 45.2 Å². The molecular weight excluding hydrogens is 298 g/mol. The molecule has 0 aliphatic heterocycles. The van der Waals surface area contributed by atoms with E-state index in [1.54, 1.807) is 0 Å². The van der Waals surface area contributed by atoms with E-state index in [0.29, 0.717) is 5.41 Å². The molecule has 2 aromatic rings. The molecule has 0 fully saturated rings. The Kier molecular flexibility index (Phi) is 4.32. The Balaban J connectivity index is 2.18. The summed E-state index contributed by atoms with van der Waals surface area (Å²) in [5.41, 5.74) is 7.90. The molecule has 0 amide bonds. The molecule has 19 heavy (non-hydrogen) atoms. The van der Waals surface area contributed by atoms with Crippen molar-refractivity contribution in [2.24, 2.45) is 11.1 Å². The first-order chi connectivity index (χ1) is 8.85. The van der Waals surface area contributed by atoms with Gasteiger partial charge < -0.3 is 5.73 Å². The van der Waals surface area contributed by atoms with E-state index in [-0.39, 0.29) is 6.04 Å². The average molecular weight is 320 g/mol. The van der Waals surface area contributed by atoms with Gasteiger partial charge in [-0.15, -0.1) is 0 Å². The van der Waals surface area contributed by atoms with E-state index in [2.05, 4.69) is 73.1 Å². The Bertz CT molecular complexity index is 569. The van der Waals surface area contributed by atoms with Crippen molar-refractivity contribution in [2.75, 3.05) is 0 Å². The first-order valence-corrected chi connectivity index (χ1v) is 7.59. The maximum Gasteiger partial charge on any atom is 0.0295 e. The van der Waals surface area contributed by atoms with Gasteiger partial charge in [-0.25, -0.2) is 0 Å². The summed E-state index contributed by atoms with van der Waals surface area (Å²) in [5.74, 6) is 0. The third kappa shape index (κ3) is 4.05. The molecule has 1 unspecified atom stereocenters. The molecule has 0 aliphatic carbocycles. The lowest BCUT2D eigenvalue weighted by molar-refractivity contribution is 0.350. The summed E-state index contributed by atoms with van der Waals surface area (Å²) in [7, 11) is 0. The lowest BCUT2D eigenvalue weighted by Crippen LogP contribution is -2.14. The van der Waals surface area contributed by atoms with Gasteiger partial charge in [0.15, 0.2) is 0 Å². The van der Waals surface area contributed by atoms with Crippen molar-refractivity contribution in [1.29, 1.82) is 0 Å². The number of halogens is 1. The largest absolute Gasteiger partial charge is 0.324 e. The van der Waals surface area contributed by atoms with Crippen LogP contribution in [0.3, 0.4) is 0 Å². The molecule has 1 nitrogen and oxygen atoms in total. The Morgan fingerprint density at radius 3 is 2.37 bits per heavy atom. The van der Waals surface area contributed by atoms with Gasteiger partial charge in [0.1, 0.15) is 0 Å². The topological polar surface area (TPSA) is 26.0 Å². The number of hydrogen-bond acceptors (Lipinski definition) is 1. The second kappa shape index (κ2) is 5.64. The van der Waals surface area contributed by atoms with Gasteiger partial charge in [-0.05, 0) is 52.8 Å². The van der Waals surface area contributed by atoms with Crippen LogP contribution in [0.2, 0.25) is 0 Å². The number of nitrogens with two attached hydrogens (primary N) is 1. The molecule has 2 aromatic carbocycles. The molecular formula is C17H22BrN. The zero-order valence-corrected chi connectivity index (χ0v) is 13.5. The summed E-state index contributed by atoms with van der Waals surface area (Å²) in [4.78, 5) is 0. The summed E-state index contributed by atoms with van der Waals surface area (Å²) >= 11 is 3.50. The van der Waals surface area contributed by atoms with Crippen molar-refractivity contribution in [1.82, 2.24) is 0 Å². The van der Waals surface area contributed by atoms with Crippen LogP contribution < -0.4 is 5.73 Å². The van der Waals surface area contributed by atoms with Crippen LogP contribution in [0.4, 0.5) is 0 Å². The number of fused-ring (bicyclic) bond motifs is 1. The van der Waals surface area contributed by atoms with Crippen LogP contribution in [0, 0.1) is 5.41 Å². The molecule has 0 bridgehead atoms. The smallest absolute Gasteiger partial charge is 0.0295 e. The minimum atomic E-state index is 0.132. The van der Waals surface area contributed by atoms with Gasteiger partial charge >= 0.3 is 0 Å². The minimum absolute atomic E-state index is 0.132. The van der Waals surface area contributed by atoms with E-state index in [1.807, 2.05) is 0 Å². The predicted molar refractivity (Wildman–Crippen MR) is 87.3 cm³/mol. The molecule has 2 rings (SSSR count). The number of benzene rings is 2. The second-order valence-corrected chi connectivity index (χ2v) is 7.37. The Hall–Kier alpha value is -0.860. The van der Waals surface area contributed by atoms with Crippen LogP contribution in [0.15, 0.2) is 40.9 Å². The third-order valence-corrected chi connectivity index (χ3v) is 3.95. The highest BCUT2D eigenvalue weighted by molar-refractivity contribution is 9.10. The second-order valence-electron chi connectivity index (χ2n) is 6.46. The minimum Gasteiger partial charge on any atom is -0.324 e. The molecule has 0 radical (unpaired) electrons. The van der Waals surface area contributed by atoms with Crippen LogP contribution >= 0.6 is 15.9 Å². The maximum atomic E-state index is 6.31. The highest BCUT2D eigenvalue weighted by atomic mass is 79.9. The highest BCUT2D eigenvalue weighted by Crippen LogP contribution is 2.28. The molecule has 0 heterocycles. The molecule has 2 heteroatoms. The Morgan fingerprint density at radius 2 is 1.68 bits per heavy atom. The maximum absolute atomic E-state index is 6.31. The van der Waals surface area contributed by atoms with Gasteiger partial charge in [0, 0.05) is 10.5 Å². The quantitative estimate of drug-likeness (QED) is 0.802. The van der Waals surface area contributed by atoms with Crippen molar-refractivity contribution >= 4 is 26.7 Å². The summed E-state index contributed by atoms with van der Waals surface area (Å²) in [6.45, 7) is 6.78. The first kappa shape index (κ1) is 14.5. The lowest BCUT2D eigenvalue weighted by Gasteiger charge is -2.21. The fraction of sp³-hybridized carbons (Fsp3) is 0.412. The van der Waals surface area contributed by atoms with Crippen molar-refractivity contribution < 1.29 is 0 Å². The van der Waals surface area contributed by atoms with Crippen molar-refractivity contribution in [3.8, 4) is 0 Å². The van der Waals surface area contributed by atoms with Crippen LogP contribution in [-0.4, -0.2) is 0 Å². The summed E-state index contributed by atoms with van der Waals surface area (Å²) in [6.07, 6.45) is 2.18. The Labute approximate surface area is 124 Å². The van der Waals surface area contributed by atoms with Crippen LogP contribution in [0.25, 0.3) is 10.8 Å². The van der Waals surface area contributed by atoms with Crippen LogP contribution in [-0.2, 0) is 0 Å².